The monoisotopic (exact) mass is 360 g/mol. The second-order valence-corrected chi connectivity index (χ2v) is 6.52. The number of halogens is 3. The first kappa shape index (κ1) is 19.8. The lowest BCUT2D eigenvalue weighted by Crippen LogP contribution is -2.37. The van der Waals surface area contributed by atoms with Gasteiger partial charge in [-0.1, -0.05) is 6.07 Å². The van der Waals surface area contributed by atoms with Crippen LogP contribution in [0, 0.1) is 5.92 Å². The number of ether oxygens (including phenoxy) is 2. The average molecular weight is 360 g/mol. The maximum Gasteiger partial charge on any atom is 0.422 e. The summed E-state index contributed by atoms with van der Waals surface area (Å²) in [7, 11) is 2.14. The molecule has 0 spiro atoms. The number of likely N-dealkylation sites (tertiary alicyclic amines) is 1. The Balaban J connectivity index is 1.88. The minimum Gasteiger partial charge on any atom is -0.490 e. The molecular weight excluding hydrogens is 333 g/mol. The van der Waals surface area contributed by atoms with Crippen LogP contribution in [0.5, 0.6) is 11.5 Å². The zero-order chi connectivity index (χ0) is 18.3. The highest BCUT2D eigenvalue weighted by atomic mass is 19.4. The summed E-state index contributed by atoms with van der Waals surface area (Å²) in [6, 6.07) is 5.06. The van der Waals surface area contributed by atoms with Crippen molar-refractivity contribution in [3.8, 4) is 11.5 Å². The number of benzene rings is 1. The van der Waals surface area contributed by atoms with Crippen molar-refractivity contribution < 1.29 is 22.6 Å². The Morgan fingerprint density at radius 3 is 2.72 bits per heavy atom. The van der Waals surface area contributed by atoms with Crippen LogP contribution in [0.25, 0.3) is 0 Å². The van der Waals surface area contributed by atoms with Gasteiger partial charge in [0.25, 0.3) is 0 Å². The summed E-state index contributed by atoms with van der Waals surface area (Å²) >= 11 is 0. The number of rotatable bonds is 8. The molecular formula is C18H27F3N2O2. The Labute approximate surface area is 147 Å². The van der Waals surface area contributed by atoms with Gasteiger partial charge in [-0.15, -0.1) is 0 Å². The molecule has 1 atom stereocenters. The molecule has 1 saturated heterocycles. The molecule has 1 N–H and O–H groups in total. The van der Waals surface area contributed by atoms with Crippen molar-refractivity contribution in [3.05, 3.63) is 23.8 Å². The van der Waals surface area contributed by atoms with Crippen LogP contribution in [0.15, 0.2) is 18.2 Å². The molecule has 0 radical (unpaired) electrons. The van der Waals surface area contributed by atoms with Crippen LogP contribution in [0.3, 0.4) is 0 Å². The molecule has 0 saturated carbocycles. The molecule has 1 fully saturated rings. The average Bonchev–Trinajstić information content (AvgIpc) is 2.54. The van der Waals surface area contributed by atoms with Crippen molar-refractivity contribution >= 4 is 0 Å². The summed E-state index contributed by atoms with van der Waals surface area (Å²) in [4.78, 5) is 2.34. The van der Waals surface area contributed by atoms with Gasteiger partial charge in [0.15, 0.2) is 18.1 Å². The van der Waals surface area contributed by atoms with Gasteiger partial charge < -0.3 is 19.7 Å². The van der Waals surface area contributed by atoms with E-state index in [4.69, 9.17) is 9.47 Å². The molecule has 25 heavy (non-hydrogen) atoms. The van der Waals surface area contributed by atoms with Crippen LogP contribution in [-0.4, -0.2) is 51.0 Å². The molecule has 0 bridgehead atoms. The van der Waals surface area contributed by atoms with Gasteiger partial charge in [-0.3, -0.25) is 0 Å². The Kier molecular flexibility index (Phi) is 7.38. The smallest absolute Gasteiger partial charge is 0.422 e. The molecule has 1 aromatic rings. The molecule has 1 aromatic carbocycles. The quantitative estimate of drug-likeness (QED) is 0.770. The lowest BCUT2D eigenvalue weighted by atomic mass is 9.98. The van der Waals surface area contributed by atoms with Crippen molar-refractivity contribution in [1.82, 2.24) is 10.2 Å². The lowest BCUT2D eigenvalue weighted by molar-refractivity contribution is -0.153. The number of hydrogen-bond acceptors (Lipinski definition) is 4. The Morgan fingerprint density at radius 1 is 1.24 bits per heavy atom. The Bertz CT molecular complexity index is 538. The van der Waals surface area contributed by atoms with E-state index in [2.05, 4.69) is 17.3 Å². The minimum absolute atomic E-state index is 0.122. The van der Waals surface area contributed by atoms with E-state index in [9.17, 15) is 13.2 Å². The fourth-order valence-electron chi connectivity index (χ4n) is 3.07. The first-order valence-corrected chi connectivity index (χ1v) is 8.72. The molecule has 1 unspecified atom stereocenters. The van der Waals surface area contributed by atoms with E-state index in [1.54, 1.807) is 25.1 Å². The van der Waals surface area contributed by atoms with E-state index in [0.29, 0.717) is 24.8 Å². The Morgan fingerprint density at radius 2 is 2.04 bits per heavy atom. The molecule has 0 aliphatic carbocycles. The number of nitrogens with one attached hydrogen (secondary N) is 1. The first-order chi connectivity index (χ1) is 11.9. The van der Waals surface area contributed by atoms with E-state index in [-0.39, 0.29) is 5.75 Å². The van der Waals surface area contributed by atoms with Crippen LogP contribution in [0.4, 0.5) is 13.2 Å². The topological polar surface area (TPSA) is 33.7 Å². The van der Waals surface area contributed by atoms with Gasteiger partial charge in [0.1, 0.15) is 0 Å². The molecule has 0 amide bonds. The van der Waals surface area contributed by atoms with Crippen molar-refractivity contribution in [2.75, 3.05) is 39.9 Å². The van der Waals surface area contributed by atoms with E-state index in [1.807, 2.05) is 0 Å². The zero-order valence-corrected chi connectivity index (χ0v) is 14.9. The van der Waals surface area contributed by atoms with Crippen LogP contribution in [-0.2, 0) is 6.54 Å². The SMILES string of the molecule is CCOc1cc(CNCC2CCCN(C)C2)ccc1OCC(F)(F)F. The second kappa shape index (κ2) is 9.29. The number of piperidine rings is 1. The van der Waals surface area contributed by atoms with Gasteiger partial charge in [0.2, 0.25) is 0 Å². The van der Waals surface area contributed by atoms with Crippen LogP contribution < -0.4 is 14.8 Å². The summed E-state index contributed by atoms with van der Waals surface area (Å²) in [6.07, 6.45) is -1.91. The second-order valence-electron chi connectivity index (χ2n) is 6.52. The summed E-state index contributed by atoms with van der Waals surface area (Å²) in [5, 5.41) is 3.43. The third-order valence-corrected chi connectivity index (χ3v) is 4.18. The summed E-state index contributed by atoms with van der Waals surface area (Å²) in [5.74, 6) is 1.11. The number of alkyl halides is 3. The van der Waals surface area contributed by atoms with Gasteiger partial charge in [0, 0.05) is 13.1 Å². The van der Waals surface area contributed by atoms with Crippen molar-refractivity contribution in [3.63, 3.8) is 0 Å². The van der Waals surface area contributed by atoms with Crippen molar-refractivity contribution in [2.45, 2.75) is 32.5 Å². The van der Waals surface area contributed by atoms with E-state index in [0.717, 1.165) is 25.2 Å². The normalized spacial score (nSPS) is 19.0. The molecule has 0 aromatic heterocycles. The van der Waals surface area contributed by atoms with Crippen LogP contribution in [0.2, 0.25) is 0 Å². The minimum atomic E-state index is -4.36. The standard InChI is InChI=1S/C18H27F3N2O2/c1-3-24-17-9-14(6-7-16(17)25-13-18(19,20)21)10-22-11-15-5-4-8-23(2)12-15/h6-7,9,15,22H,3-5,8,10-13H2,1-2H3. The van der Waals surface area contributed by atoms with Gasteiger partial charge in [0.05, 0.1) is 6.61 Å². The molecule has 1 aliphatic heterocycles. The molecule has 4 nitrogen and oxygen atoms in total. The van der Waals surface area contributed by atoms with Gasteiger partial charge in [-0.25, -0.2) is 0 Å². The summed E-state index contributed by atoms with van der Waals surface area (Å²) < 4.78 is 47.3. The van der Waals surface area contributed by atoms with Crippen LogP contribution >= 0.6 is 0 Å². The maximum atomic E-state index is 12.3. The maximum absolute atomic E-state index is 12.3. The molecule has 1 heterocycles. The number of nitrogens with zero attached hydrogens (tertiary/aromatic N) is 1. The highest BCUT2D eigenvalue weighted by Crippen LogP contribution is 2.30. The van der Waals surface area contributed by atoms with Gasteiger partial charge in [-0.05, 0) is 63.5 Å². The molecule has 2 rings (SSSR count). The van der Waals surface area contributed by atoms with Crippen molar-refractivity contribution in [1.29, 1.82) is 0 Å². The Hall–Kier alpha value is -1.47. The predicted octanol–water partition coefficient (Wildman–Crippen LogP) is 3.46. The fourth-order valence-corrected chi connectivity index (χ4v) is 3.07. The van der Waals surface area contributed by atoms with E-state index in [1.165, 1.54) is 12.8 Å². The zero-order valence-electron chi connectivity index (χ0n) is 14.9. The van der Waals surface area contributed by atoms with E-state index >= 15 is 0 Å². The largest absolute Gasteiger partial charge is 0.490 e. The van der Waals surface area contributed by atoms with Gasteiger partial charge in [-0.2, -0.15) is 13.2 Å². The first-order valence-electron chi connectivity index (χ1n) is 8.72. The molecule has 1 aliphatic rings. The molecule has 7 heteroatoms. The number of hydrogen-bond donors (Lipinski definition) is 1. The highest BCUT2D eigenvalue weighted by molar-refractivity contribution is 5.43. The van der Waals surface area contributed by atoms with Gasteiger partial charge >= 0.3 is 6.18 Å². The lowest BCUT2D eigenvalue weighted by Gasteiger charge is -2.29. The van der Waals surface area contributed by atoms with E-state index < -0.39 is 12.8 Å². The summed E-state index contributed by atoms with van der Waals surface area (Å²) in [5.41, 5.74) is 0.965. The third kappa shape index (κ3) is 7.12. The van der Waals surface area contributed by atoms with Crippen molar-refractivity contribution in [2.24, 2.45) is 5.92 Å². The molecule has 142 valence electrons. The fraction of sp³-hybridized carbons (Fsp3) is 0.667. The highest BCUT2D eigenvalue weighted by Gasteiger charge is 2.29. The van der Waals surface area contributed by atoms with Crippen LogP contribution in [0.1, 0.15) is 25.3 Å². The third-order valence-electron chi connectivity index (χ3n) is 4.18. The summed E-state index contributed by atoms with van der Waals surface area (Å²) in [6.45, 7) is 4.68. The predicted molar refractivity (Wildman–Crippen MR) is 91.1 cm³/mol.